The number of hydrogen-bond donors (Lipinski definition) is 1. The Balaban J connectivity index is 1.90. The molecule has 0 aliphatic rings. The maximum atomic E-state index is 12.3. The molecule has 0 spiro atoms. The Kier molecular flexibility index (Phi) is 6.25. The number of ether oxygens (including phenoxy) is 1. The molecule has 1 aromatic carbocycles. The molecular weight excluding hydrogens is 358 g/mol. The topological polar surface area (TPSA) is 55.4 Å². The number of carbonyl (C=O) groups excluding carboxylic acids is 2. The van der Waals surface area contributed by atoms with Crippen molar-refractivity contribution in [3.8, 4) is 5.75 Å². The SMILES string of the molecule is Cc1cc(Cl)ccc1OCC(=O)c1ccc(CNC(=O)C(C)(C)C)s1. The van der Waals surface area contributed by atoms with Gasteiger partial charge >= 0.3 is 0 Å². The molecule has 0 aliphatic heterocycles. The third kappa shape index (κ3) is 5.58. The molecule has 2 aromatic rings. The zero-order valence-corrected chi connectivity index (χ0v) is 16.4. The van der Waals surface area contributed by atoms with Crippen molar-refractivity contribution < 1.29 is 14.3 Å². The van der Waals surface area contributed by atoms with Crippen LogP contribution in [0.5, 0.6) is 5.75 Å². The van der Waals surface area contributed by atoms with Gasteiger partial charge in [0.15, 0.2) is 6.61 Å². The van der Waals surface area contributed by atoms with E-state index in [-0.39, 0.29) is 18.3 Å². The number of thiophene rings is 1. The quantitative estimate of drug-likeness (QED) is 0.744. The molecule has 4 nitrogen and oxygen atoms in total. The minimum atomic E-state index is -0.430. The lowest BCUT2D eigenvalue weighted by molar-refractivity contribution is -0.128. The fourth-order valence-electron chi connectivity index (χ4n) is 2.04. The van der Waals surface area contributed by atoms with Crippen LogP contribution in [-0.4, -0.2) is 18.3 Å². The van der Waals surface area contributed by atoms with Crippen LogP contribution in [0.2, 0.25) is 5.02 Å². The molecule has 0 aliphatic carbocycles. The van der Waals surface area contributed by atoms with E-state index >= 15 is 0 Å². The number of halogens is 1. The third-order valence-electron chi connectivity index (χ3n) is 3.54. The molecule has 25 heavy (non-hydrogen) atoms. The van der Waals surface area contributed by atoms with Gasteiger partial charge in [0.05, 0.1) is 11.4 Å². The Bertz CT molecular complexity index is 777. The van der Waals surface area contributed by atoms with E-state index in [1.54, 1.807) is 24.3 Å². The minimum Gasteiger partial charge on any atom is -0.485 e. The second-order valence-electron chi connectivity index (χ2n) is 6.82. The lowest BCUT2D eigenvalue weighted by Crippen LogP contribution is -2.34. The van der Waals surface area contributed by atoms with Gasteiger partial charge in [0.2, 0.25) is 11.7 Å². The first-order chi connectivity index (χ1) is 11.7. The van der Waals surface area contributed by atoms with Gasteiger partial charge in [0.1, 0.15) is 5.75 Å². The minimum absolute atomic E-state index is 0.0182. The van der Waals surface area contributed by atoms with Crippen molar-refractivity contribution in [1.82, 2.24) is 5.32 Å². The van der Waals surface area contributed by atoms with Gasteiger partial charge in [-0.2, -0.15) is 0 Å². The number of amides is 1. The number of Topliss-reactive ketones (excluding diaryl/α,β-unsaturated/α-hetero) is 1. The fraction of sp³-hybridized carbons (Fsp3) is 0.368. The predicted molar refractivity (Wildman–Crippen MR) is 102 cm³/mol. The highest BCUT2D eigenvalue weighted by Crippen LogP contribution is 2.23. The summed E-state index contributed by atoms with van der Waals surface area (Å²) in [5.74, 6) is 0.537. The van der Waals surface area contributed by atoms with Gasteiger partial charge in [-0.15, -0.1) is 11.3 Å². The maximum absolute atomic E-state index is 12.3. The average molecular weight is 380 g/mol. The van der Waals surface area contributed by atoms with E-state index in [1.807, 2.05) is 33.8 Å². The van der Waals surface area contributed by atoms with Crippen molar-refractivity contribution in [2.75, 3.05) is 6.61 Å². The van der Waals surface area contributed by atoms with Gasteiger partial charge in [-0.3, -0.25) is 9.59 Å². The molecule has 1 aromatic heterocycles. The van der Waals surface area contributed by atoms with Crippen LogP contribution in [0.4, 0.5) is 0 Å². The molecular formula is C19H22ClNO3S. The van der Waals surface area contributed by atoms with Crippen LogP contribution in [-0.2, 0) is 11.3 Å². The Labute approximate surface area is 157 Å². The fourth-order valence-corrected chi connectivity index (χ4v) is 3.14. The Morgan fingerprint density at radius 2 is 1.92 bits per heavy atom. The van der Waals surface area contributed by atoms with Crippen LogP contribution in [0, 0.1) is 12.3 Å². The molecule has 0 bridgehead atoms. The van der Waals surface area contributed by atoms with Crippen molar-refractivity contribution in [3.63, 3.8) is 0 Å². The van der Waals surface area contributed by atoms with Crippen molar-refractivity contribution in [1.29, 1.82) is 0 Å². The monoisotopic (exact) mass is 379 g/mol. The number of rotatable bonds is 6. The second kappa shape index (κ2) is 8.02. The summed E-state index contributed by atoms with van der Waals surface area (Å²) in [5, 5.41) is 3.51. The summed E-state index contributed by atoms with van der Waals surface area (Å²) in [6.07, 6.45) is 0. The van der Waals surface area contributed by atoms with Crippen LogP contribution in [0.15, 0.2) is 30.3 Å². The summed E-state index contributed by atoms with van der Waals surface area (Å²) in [7, 11) is 0. The summed E-state index contributed by atoms with van der Waals surface area (Å²) in [6, 6.07) is 8.91. The number of aryl methyl sites for hydroxylation is 1. The van der Waals surface area contributed by atoms with Gasteiger partial charge in [-0.1, -0.05) is 32.4 Å². The molecule has 6 heteroatoms. The van der Waals surface area contributed by atoms with E-state index < -0.39 is 5.41 Å². The Hall–Kier alpha value is -1.85. The number of hydrogen-bond acceptors (Lipinski definition) is 4. The first-order valence-corrected chi connectivity index (χ1v) is 9.15. The van der Waals surface area contributed by atoms with Gasteiger partial charge in [-0.05, 0) is 42.8 Å². The van der Waals surface area contributed by atoms with Gasteiger partial charge in [0, 0.05) is 15.3 Å². The van der Waals surface area contributed by atoms with Crippen LogP contribution >= 0.6 is 22.9 Å². The number of ketones is 1. The zero-order chi connectivity index (χ0) is 18.6. The van der Waals surface area contributed by atoms with Gasteiger partial charge in [0.25, 0.3) is 0 Å². The molecule has 0 atom stereocenters. The summed E-state index contributed by atoms with van der Waals surface area (Å²) >= 11 is 7.28. The molecule has 0 saturated heterocycles. The van der Waals surface area contributed by atoms with Crippen molar-refractivity contribution in [2.24, 2.45) is 5.41 Å². The van der Waals surface area contributed by atoms with E-state index in [0.717, 1.165) is 10.4 Å². The van der Waals surface area contributed by atoms with E-state index in [4.69, 9.17) is 16.3 Å². The standard InChI is InChI=1S/C19H22ClNO3S/c1-12-9-13(20)5-7-16(12)24-11-15(22)17-8-6-14(25-17)10-21-18(23)19(2,3)4/h5-9H,10-11H2,1-4H3,(H,21,23). The maximum Gasteiger partial charge on any atom is 0.225 e. The summed E-state index contributed by atoms with van der Waals surface area (Å²) < 4.78 is 5.59. The molecule has 1 N–H and O–H groups in total. The summed E-state index contributed by atoms with van der Waals surface area (Å²) in [6.45, 7) is 7.86. The second-order valence-corrected chi connectivity index (χ2v) is 8.43. The van der Waals surface area contributed by atoms with E-state index in [2.05, 4.69) is 5.32 Å². The number of carbonyl (C=O) groups is 2. The highest BCUT2D eigenvalue weighted by Gasteiger charge is 2.21. The summed E-state index contributed by atoms with van der Waals surface area (Å²) in [5.41, 5.74) is 0.456. The third-order valence-corrected chi connectivity index (χ3v) is 4.90. The normalized spacial score (nSPS) is 11.2. The first-order valence-electron chi connectivity index (χ1n) is 7.96. The largest absolute Gasteiger partial charge is 0.485 e. The molecule has 0 fully saturated rings. The first kappa shape index (κ1) is 19.5. The molecule has 1 heterocycles. The van der Waals surface area contributed by atoms with Crippen LogP contribution in [0.3, 0.4) is 0 Å². The Morgan fingerprint density at radius 1 is 1.20 bits per heavy atom. The lowest BCUT2D eigenvalue weighted by Gasteiger charge is -2.17. The van der Waals surface area contributed by atoms with Crippen LogP contribution in [0.1, 0.15) is 40.9 Å². The van der Waals surface area contributed by atoms with Gasteiger partial charge < -0.3 is 10.1 Å². The van der Waals surface area contributed by atoms with Crippen LogP contribution in [0.25, 0.3) is 0 Å². The van der Waals surface area contributed by atoms with Crippen LogP contribution < -0.4 is 10.1 Å². The molecule has 2 rings (SSSR count). The molecule has 0 unspecified atom stereocenters. The number of nitrogens with one attached hydrogen (secondary N) is 1. The van der Waals surface area contributed by atoms with E-state index in [0.29, 0.717) is 22.2 Å². The molecule has 0 saturated carbocycles. The molecule has 134 valence electrons. The van der Waals surface area contributed by atoms with Crippen molar-refractivity contribution in [3.05, 3.63) is 50.7 Å². The molecule has 1 amide bonds. The van der Waals surface area contributed by atoms with Crippen molar-refractivity contribution >= 4 is 34.6 Å². The molecule has 0 radical (unpaired) electrons. The summed E-state index contributed by atoms with van der Waals surface area (Å²) in [4.78, 5) is 25.7. The lowest BCUT2D eigenvalue weighted by atomic mass is 9.96. The van der Waals surface area contributed by atoms with Gasteiger partial charge in [-0.25, -0.2) is 0 Å². The smallest absolute Gasteiger partial charge is 0.225 e. The number of benzene rings is 1. The zero-order valence-electron chi connectivity index (χ0n) is 14.8. The highest BCUT2D eigenvalue weighted by atomic mass is 35.5. The average Bonchev–Trinajstić information content (AvgIpc) is 2.99. The Morgan fingerprint density at radius 3 is 2.56 bits per heavy atom. The predicted octanol–water partition coefficient (Wildman–Crippen LogP) is 4.63. The van der Waals surface area contributed by atoms with E-state index in [1.165, 1.54) is 11.3 Å². The van der Waals surface area contributed by atoms with E-state index in [9.17, 15) is 9.59 Å². The van der Waals surface area contributed by atoms with Crippen molar-refractivity contribution in [2.45, 2.75) is 34.2 Å². The highest BCUT2D eigenvalue weighted by molar-refractivity contribution is 7.14.